The molecule has 0 saturated carbocycles. The number of nitrogens with zero attached hydrogens (tertiary/aromatic N) is 4. The van der Waals surface area contributed by atoms with Gasteiger partial charge in [-0.15, -0.1) is 11.3 Å². The summed E-state index contributed by atoms with van der Waals surface area (Å²) >= 11 is 1.50. The second-order valence-corrected chi connectivity index (χ2v) is 9.10. The molecule has 0 spiro atoms. The van der Waals surface area contributed by atoms with Crippen molar-refractivity contribution in [3.63, 3.8) is 0 Å². The van der Waals surface area contributed by atoms with Gasteiger partial charge in [0, 0.05) is 19.0 Å². The van der Waals surface area contributed by atoms with Crippen molar-refractivity contribution in [3.8, 4) is 16.9 Å². The highest BCUT2D eigenvalue weighted by Gasteiger charge is 2.17. The average molecular weight is 451 g/mol. The second kappa shape index (κ2) is 9.12. The van der Waals surface area contributed by atoms with Gasteiger partial charge in [0.05, 0.1) is 17.1 Å². The molecule has 0 atom stereocenters. The molecule has 0 fully saturated rings. The van der Waals surface area contributed by atoms with Gasteiger partial charge in [0.25, 0.3) is 5.56 Å². The molecule has 166 valence electrons. The molecule has 0 aliphatic heterocycles. The molecular weight excluding hydrogens is 423 g/mol. The van der Waals surface area contributed by atoms with Crippen LogP contribution >= 0.6 is 11.3 Å². The molecule has 2 aromatic carbocycles. The summed E-state index contributed by atoms with van der Waals surface area (Å²) in [6.07, 6.45) is 0.972. The van der Waals surface area contributed by atoms with Crippen molar-refractivity contribution in [2.75, 3.05) is 0 Å². The van der Waals surface area contributed by atoms with Crippen LogP contribution in [-0.2, 0) is 13.6 Å². The van der Waals surface area contributed by atoms with Crippen molar-refractivity contribution in [2.45, 2.75) is 33.7 Å². The van der Waals surface area contributed by atoms with Crippen molar-refractivity contribution in [2.24, 2.45) is 18.0 Å². The van der Waals surface area contributed by atoms with E-state index >= 15 is 0 Å². The molecule has 32 heavy (non-hydrogen) atoms. The summed E-state index contributed by atoms with van der Waals surface area (Å²) in [6, 6.07) is 16.1. The molecule has 0 amide bonds. The maximum Gasteiger partial charge on any atom is 0.297 e. The molecule has 0 unspecified atom stereocenters. The van der Waals surface area contributed by atoms with E-state index in [1.165, 1.54) is 23.5 Å². The Kier molecular flexibility index (Phi) is 6.28. The first-order valence-corrected chi connectivity index (χ1v) is 11.6. The minimum absolute atomic E-state index is 0.150. The summed E-state index contributed by atoms with van der Waals surface area (Å²) in [5.41, 5.74) is 3.79. The SMILES string of the molecule is Cc1c(N=c2scc(-c3ccc(F)cc3)n2CCC(C)C)c(=O)n(-c2ccccc2)n1C. The number of hydrogen-bond donors (Lipinski definition) is 0. The normalized spacial score (nSPS) is 12.1. The predicted molar refractivity (Wildman–Crippen MR) is 128 cm³/mol. The number of halogens is 1. The maximum atomic E-state index is 13.5. The van der Waals surface area contributed by atoms with Gasteiger partial charge in [0.1, 0.15) is 5.82 Å². The van der Waals surface area contributed by atoms with E-state index in [0.717, 1.165) is 40.4 Å². The molecule has 4 rings (SSSR count). The zero-order chi connectivity index (χ0) is 22.8. The number of hydrogen-bond acceptors (Lipinski definition) is 3. The van der Waals surface area contributed by atoms with E-state index in [1.54, 1.807) is 16.8 Å². The van der Waals surface area contributed by atoms with Gasteiger partial charge in [-0.25, -0.2) is 14.1 Å². The molecule has 0 bridgehead atoms. The Hall–Kier alpha value is -3.19. The number of rotatable bonds is 6. The Morgan fingerprint density at radius 3 is 2.41 bits per heavy atom. The van der Waals surface area contributed by atoms with Gasteiger partial charge in [-0.1, -0.05) is 32.0 Å². The lowest BCUT2D eigenvalue weighted by molar-refractivity contribution is 0.513. The Balaban J connectivity index is 1.88. The fraction of sp³-hybridized carbons (Fsp3) is 0.280. The standard InChI is InChI=1S/C25H27FN4OS/c1-17(2)14-15-29-22(19-10-12-20(26)13-11-19)16-32-25(29)27-23-18(3)28(4)30(24(23)31)21-8-6-5-7-9-21/h5-13,16-17H,14-15H2,1-4H3. The molecule has 7 heteroatoms. The van der Waals surface area contributed by atoms with E-state index in [4.69, 9.17) is 4.99 Å². The maximum absolute atomic E-state index is 13.5. The lowest BCUT2D eigenvalue weighted by Gasteiger charge is -2.11. The third-order valence-electron chi connectivity index (χ3n) is 5.60. The quantitative estimate of drug-likeness (QED) is 0.386. The van der Waals surface area contributed by atoms with Crippen LogP contribution < -0.4 is 10.4 Å². The van der Waals surface area contributed by atoms with Crippen LogP contribution in [0.3, 0.4) is 0 Å². The van der Waals surface area contributed by atoms with Gasteiger partial charge < -0.3 is 4.57 Å². The average Bonchev–Trinajstić information content (AvgIpc) is 3.27. The van der Waals surface area contributed by atoms with Crippen LogP contribution in [-0.4, -0.2) is 13.9 Å². The van der Waals surface area contributed by atoms with Gasteiger partial charge in [-0.2, -0.15) is 0 Å². The van der Waals surface area contributed by atoms with Crippen molar-refractivity contribution in [3.05, 3.63) is 86.6 Å². The molecule has 2 aromatic heterocycles. The molecule has 0 radical (unpaired) electrons. The summed E-state index contributed by atoms with van der Waals surface area (Å²) in [6.45, 7) is 7.04. The van der Waals surface area contributed by atoms with Gasteiger partial charge >= 0.3 is 0 Å². The van der Waals surface area contributed by atoms with Crippen LogP contribution in [0.5, 0.6) is 0 Å². The molecule has 2 heterocycles. The molecule has 0 N–H and O–H groups in total. The molecule has 0 aliphatic carbocycles. The summed E-state index contributed by atoms with van der Waals surface area (Å²) < 4.78 is 19.1. The molecule has 0 saturated heterocycles. The monoisotopic (exact) mass is 450 g/mol. The third kappa shape index (κ3) is 4.25. The number of para-hydroxylation sites is 1. The minimum atomic E-state index is -0.260. The summed E-state index contributed by atoms with van der Waals surface area (Å²) in [7, 11) is 1.87. The van der Waals surface area contributed by atoms with E-state index in [0.29, 0.717) is 11.6 Å². The Morgan fingerprint density at radius 2 is 1.75 bits per heavy atom. The van der Waals surface area contributed by atoms with Crippen molar-refractivity contribution in [1.82, 2.24) is 13.9 Å². The van der Waals surface area contributed by atoms with Crippen molar-refractivity contribution >= 4 is 17.0 Å². The highest BCUT2D eigenvalue weighted by Crippen LogP contribution is 2.23. The minimum Gasteiger partial charge on any atom is -0.316 e. The highest BCUT2D eigenvalue weighted by atomic mass is 32.1. The van der Waals surface area contributed by atoms with Gasteiger partial charge in [-0.3, -0.25) is 9.48 Å². The van der Waals surface area contributed by atoms with E-state index in [1.807, 2.05) is 54.4 Å². The van der Waals surface area contributed by atoms with Gasteiger partial charge in [-0.05, 0) is 61.2 Å². The van der Waals surface area contributed by atoms with Crippen LogP contribution in [0.1, 0.15) is 26.0 Å². The third-order valence-corrected chi connectivity index (χ3v) is 6.46. The van der Waals surface area contributed by atoms with E-state index < -0.39 is 0 Å². The van der Waals surface area contributed by atoms with Crippen LogP contribution in [0.4, 0.5) is 10.1 Å². The first-order valence-electron chi connectivity index (χ1n) is 10.7. The summed E-state index contributed by atoms with van der Waals surface area (Å²) in [5, 5.41) is 2.03. The fourth-order valence-corrected chi connectivity index (χ4v) is 4.59. The molecule has 4 aromatic rings. The first-order chi connectivity index (χ1) is 15.4. The lowest BCUT2D eigenvalue weighted by atomic mass is 10.1. The first kappa shape index (κ1) is 22.0. The van der Waals surface area contributed by atoms with E-state index in [-0.39, 0.29) is 11.4 Å². The number of aromatic nitrogens is 3. The highest BCUT2D eigenvalue weighted by molar-refractivity contribution is 7.07. The Labute approximate surface area is 190 Å². The zero-order valence-electron chi connectivity index (χ0n) is 18.7. The topological polar surface area (TPSA) is 44.2 Å². The summed E-state index contributed by atoms with van der Waals surface area (Å²) in [4.78, 5) is 18.9. The van der Waals surface area contributed by atoms with Crippen LogP contribution in [0.25, 0.3) is 16.9 Å². The lowest BCUT2D eigenvalue weighted by Crippen LogP contribution is -2.20. The zero-order valence-corrected chi connectivity index (χ0v) is 19.6. The number of thiazole rings is 1. The largest absolute Gasteiger partial charge is 0.316 e. The van der Waals surface area contributed by atoms with E-state index in [9.17, 15) is 9.18 Å². The Morgan fingerprint density at radius 1 is 1.06 bits per heavy atom. The van der Waals surface area contributed by atoms with Crippen molar-refractivity contribution < 1.29 is 4.39 Å². The second-order valence-electron chi connectivity index (χ2n) is 8.27. The smallest absolute Gasteiger partial charge is 0.297 e. The van der Waals surface area contributed by atoms with Crippen LogP contribution in [0.15, 0.2) is 69.8 Å². The van der Waals surface area contributed by atoms with Crippen LogP contribution in [0.2, 0.25) is 0 Å². The van der Waals surface area contributed by atoms with E-state index in [2.05, 4.69) is 18.4 Å². The fourth-order valence-electron chi connectivity index (χ4n) is 3.65. The molecule has 5 nitrogen and oxygen atoms in total. The molecule has 0 aliphatic rings. The summed E-state index contributed by atoms with van der Waals surface area (Å²) in [5.74, 6) is 0.258. The predicted octanol–water partition coefficient (Wildman–Crippen LogP) is 5.43. The van der Waals surface area contributed by atoms with Crippen molar-refractivity contribution in [1.29, 1.82) is 0 Å². The van der Waals surface area contributed by atoms with Gasteiger partial charge in [0.2, 0.25) is 0 Å². The molecular formula is C25H27FN4OS. The van der Waals surface area contributed by atoms with Crippen LogP contribution in [0, 0.1) is 18.7 Å². The number of benzene rings is 2. The van der Waals surface area contributed by atoms with Gasteiger partial charge in [0.15, 0.2) is 10.5 Å². The Bertz CT molecular complexity index is 1340.